The summed E-state index contributed by atoms with van der Waals surface area (Å²) in [6, 6.07) is 12.1. The van der Waals surface area contributed by atoms with E-state index in [9.17, 15) is 0 Å². The van der Waals surface area contributed by atoms with Gasteiger partial charge in [0.1, 0.15) is 17.3 Å². The van der Waals surface area contributed by atoms with Crippen LogP contribution in [0.1, 0.15) is 30.8 Å². The Morgan fingerprint density at radius 2 is 1.95 bits per heavy atom. The van der Waals surface area contributed by atoms with E-state index < -0.39 is 0 Å². The predicted molar refractivity (Wildman–Crippen MR) is 75.6 cm³/mol. The Balaban J connectivity index is 1.57. The van der Waals surface area contributed by atoms with Crippen LogP contribution in [0.25, 0.3) is 0 Å². The molecule has 19 heavy (non-hydrogen) atoms. The fraction of sp³-hybridized carbons (Fsp3) is 0.375. The molecule has 100 valence electrons. The molecule has 0 saturated heterocycles. The van der Waals surface area contributed by atoms with Gasteiger partial charge in [0.2, 0.25) is 0 Å². The van der Waals surface area contributed by atoms with E-state index in [2.05, 4.69) is 24.4 Å². The highest BCUT2D eigenvalue weighted by Crippen LogP contribution is 2.47. The van der Waals surface area contributed by atoms with E-state index in [1.807, 2.05) is 24.3 Å². The van der Waals surface area contributed by atoms with Crippen LogP contribution in [0.4, 0.5) is 5.69 Å². The molecule has 1 aromatic carbocycles. The maximum atomic E-state index is 5.86. The Morgan fingerprint density at radius 1 is 1.21 bits per heavy atom. The third kappa shape index (κ3) is 2.75. The second kappa shape index (κ2) is 5.00. The van der Waals surface area contributed by atoms with Crippen molar-refractivity contribution in [2.24, 2.45) is 5.92 Å². The summed E-state index contributed by atoms with van der Waals surface area (Å²) in [5.41, 5.74) is 1.07. The van der Waals surface area contributed by atoms with Gasteiger partial charge in [0.05, 0.1) is 13.7 Å². The van der Waals surface area contributed by atoms with Crippen molar-refractivity contribution < 1.29 is 9.15 Å². The van der Waals surface area contributed by atoms with E-state index in [1.165, 1.54) is 6.42 Å². The number of ether oxygens (including phenoxy) is 1. The van der Waals surface area contributed by atoms with Crippen LogP contribution in [0.3, 0.4) is 0 Å². The molecule has 1 aliphatic carbocycles. The molecular weight excluding hydrogens is 238 g/mol. The van der Waals surface area contributed by atoms with Gasteiger partial charge in [0.25, 0.3) is 0 Å². The molecule has 3 rings (SSSR count). The molecule has 2 aromatic rings. The van der Waals surface area contributed by atoms with E-state index in [4.69, 9.17) is 9.15 Å². The molecular formula is C16H19NO2. The van der Waals surface area contributed by atoms with Crippen LogP contribution < -0.4 is 10.1 Å². The van der Waals surface area contributed by atoms with Crippen LogP contribution in [0.2, 0.25) is 0 Å². The molecule has 1 fully saturated rings. The second-order valence-corrected chi connectivity index (χ2v) is 5.21. The van der Waals surface area contributed by atoms with Gasteiger partial charge in [-0.1, -0.05) is 6.92 Å². The molecule has 1 aromatic heterocycles. The van der Waals surface area contributed by atoms with Gasteiger partial charge in [-0.3, -0.25) is 0 Å². The minimum Gasteiger partial charge on any atom is -0.497 e. The summed E-state index contributed by atoms with van der Waals surface area (Å²) in [5.74, 6) is 4.43. The van der Waals surface area contributed by atoms with Crippen molar-refractivity contribution in [3.63, 3.8) is 0 Å². The van der Waals surface area contributed by atoms with Crippen LogP contribution in [-0.2, 0) is 6.54 Å². The zero-order valence-corrected chi connectivity index (χ0v) is 11.3. The lowest BCUT2D eigenvalue weighted by Crippen LogP contribution is -1.97. The van der Waals surface area contributed by atoms with Gasteiger partial charge >= 0.3 is 0 Å². The Bertz CT molecular complexity index is 544. The number of hydrogen-bond donors (Lipinski definition) is 1. The molecule has 1 N–H and O–H groups in total. The van der Waals surface area contributed by atoms with Crippen LogP contribution in [0, 0.1) is 5.92 Å². The van der Waals surface area contributed by atoms with E-state index in [1.54, 1.807) is 7.11 Å². The van der Waals surface area contributed by atoms with Crippen LogP contribution in [0.5, 0.6) is 5.75 Å². The zero-order valence-electron chi connectivity index (χ0n) is 11.3. The minimum absolute atomic E-state index is 0.648. The summed E-state index contributed by atoms with van der Waals surface area (Å²) in [6.07, 6.45) is 1.26. The van der Waals surface area contributed by atoms with Crippen LogP contribution >= 0.6 is 0 Å². The van der Waals surface area contributed by atoms with E-state index in [0.717, 1.165) is 28.9 Å². The largest absolute Gasteiger partial charge is 0.497 e. The van der Waals surface area contributed by atoms with Gasteiger partial charge < -0.3 is 14.5 Å². The minimum atomic E-state index is 0.648. The summed E-state index contributed by atoms with van der Waals surface area (Å²) in [5, 5.41) is 3.35. The number of anilines is 1. The first-order valence-electron chi connectivity index (χ1n) is 6.73. The zero-order chi connectivity index (χ0) is 13.2. The third-order valence-corrected chi connectivity index (χ3v) is 3.71. The first kappa shape index (κ1) is 12.2. The lowest BCUT2D eigenvalue weighted by molar-refractivity contribution is 0.415. The van der Waals surface area contributed by atoms with E-state index in [-0.39, 0.29) is 0 Å². The molecule has 0 bridgehead atoms. The Hall–Kier alpha value is -1.90. The number of furan rings is 1. The predicted octanol–water partition coefficient (Wildman–Crippen LogP) is 4.02. The molecule has 2 atom stereocenters. The molecule has 3 nitrogen and oxygen atoms in total. The van der Waals surface area contributed by atoms with Crippen molar-refractivity contribution in [2.75, 3.05) is 12.4 Å². The fourth-order valence-electron chi connectivity index (χ4n) is 2.31. The van der Waals surface area contributed by atoms with Gasteiger partial charge in [-0.25, -0.2) is 0 Å². The average molecular weight is 257 g/mol. The molecule has 0 spiro atoms. The van der Waals surface area contributed by atoms with Crippen molar-refractivity contribution in [1.29, 1.82) is 0 Å². The molecule has 1 aliphatic rings. The van der Waals surface area contributed by atoms with Crippen molar-refractivity contribution >= 4 is 5.69 Å². The van der Waals surface area contributed by atoms with E-state index in [0.29, 0.717) is 12.5 Å². The van der Waals surface area contributed by atoms with Gasteiger partial charge in [0.15, 0.2) is 0 Å². The standard InChI is InChI=1S/C16H19NO2/c1-11-9-15(11)16-8-7-14(19-16)10-17-12-3-5-13(18-2)6-4-12/h3-8,11,15,17H,9-10H2,1-2H3. The lowest BCUT2D eigenvalue weighted by Gasteiger charge is -2.05. The Morgan fingerprint density at radius 3 is 2.58 bits per heavy atom. The summed E-state index contributed by atoms with van der Waals surface area (Å²) in [4.78, 5) is 0. The summed E-state index contributed by atoms with van der Waals surface area (Å²) < 4.78 is 11.0. The molecule has 1 saturated carbocycles. The average Bonchev–Trinajstić information content (AvgIpc) is 3.00. The Labute approximate surface area is 113 Å². The van der Waals surface area contributed by atoms with Crippen molar-refractivity contribution in [1.82, 2.24) is 0 Å². The second-order valence-electron chi connectivity index (χ2n) is 5.21. The molecule has 0 amide bonds. The van der Waals surface area contributed by atoms with Gasteiger partial charge in [0, 0.05) is 11.6 Å². The normalized spacial score (nSPS) is 21.2. The van der Waals surface area contributed by atoms with Crippen LogP contribution in [-0.4, -0.2) is 7.11 Å². The lowest BCUT2D eigenvalue weighted by atomic mass is 10.3. The SMILES string of the molecule is COc1ccc(NCc2ccc(C3CC3C)o2)cc1. The maximum Gasteiger partial charge on any atom is 0.123 e. The highest BCUT2D eigenvalue weighted by Gasteiger charge is 2.36. The highest BCUT2D eigenvalue weighted by molar-refractivity contribution is 5.46. The summed E-state index contributed by atoms with van der Waals surface area (Å²) in [7, 11) is 1.67. The topological polar surface area (TPSA) is 34.4 Å². The quantitative estimate of drug-likeness (QED) is 0.878. The number of rotatable bonds is 5. The first-order chi connectivity index (χ1) is 9.26. The number of nitrogens with one attached hydrogen (secondary N) is 1. The van der Waals surface area contributed by atoms with Gasteiger partial charge in [-0.05, 0) is 48.7 Å². The highest BCUT2D eigenvalue weighted by atomic mass is 16.5. The molecule has 3 heteroatoms. The maximum absolute atomic E-state index is 5.86. The van der Waals surface area contributed by atoms with Crippen LogP contribution in [0.15, 0.2) is 40.8 Å². The summed E-state index contributed by atoms with van der Waals surface area (Å²) >= 11 is 0. The third-order valence-electron chi connectivity index (χ3n) is 3.71. The number of hydrogen-bond acceptors (Lipinski definition) is 3. The molecule has 2 unspecified atom stereocenters. The molecule has 0 aliphatic heterocycles. The Kier molecular flexibility index (Phi) is 3.20. The molecule has 0 radical (unpaired) electrons. The van der Waals surface area contributed by atoms with Crippen molar-refractivity contribution in [3.8, 4) is 5.75 Å². The summed E-state index contributed by atoms with van der Waals surface area (Å²) in [6.45, 7) is 2.98. The number of methoxy groups -OCH3 is 1. The first-order valence-corrected chi connectivity index (χ1v) is 6.73. The van der Waals surface area contributed by atoms with E-state index >= 15 is 0 Å². The van der Waals surface area contributed by atoms with Crippen molar-refractivity contribution in [2.45, 2.75) is 25.8 Å². The molecule has 1 heterocycles. The van der Waals surface area contributed by atoms with Gasteiger partial charge in [-0.15, -0.1) is 0 Å². The smallest absolute Gasteiger partial charge is 0.123 e. The van der Waals surface area contributed by atoms with Crippen molar-refractivity contribution in [3.05, 3.63) is 47.9 Å². The van der Waals surface area contributed by atoms with Gasteiger partial charge in [-0.2, -0.15) is 0 Å². The monoisotopic (exact) mass is 257 g/mol. The number of benzene rings is 1. The fourth-order valence-corrected chi connectivity index (χ4v) is 2.31.